The third-order valence-corrected chi connectivity index (χ3v) is 2.82. The first-order valence-corrected chi connectivity index (χ1v) is 6.35. The van der Waals surface area contributed by atoms with Gasteiger partial charge in [0.25, 0.3) is 5.91 Å². The Bertz CT molecular complexity index is 575. The van der Waals surface area contributed by atoms with Crippen molar-refractivity contribution >= 4 is 17.5 Å². The summed E-state index contributed by atoms with van der Waals surface area (Å²) in [6.45, 7) is 0.301. The van der Waals surface area contributed by atoms with Crippen LogP contribution in [0, 0.1) is 5.82 Å². The van der Waals surface area contributed by atoms with Gasteiger partial charge in [-0.2, -0.15) is 0 Å². The number of carbonyl (C=O) groups excluding carboxylic acids is 1. The molecule has 1 aromatic carbocycles. The average Bonchev–Trinajstić information content (AvgIpc) is 2.91. The van der Waals surface area contributed by atoms with Gasteiger partial charge >= 0.3 is 0 Å². The molecule has 5 nitrogen and oxygen atoms in total. The van der Waals surface area contributed by atoms with Crippen LogP contribution in [0.2, 0.25) is 5.02 Å². The molecule has 0 atom stereocenters. The lowest BCUT2D eigenvalue weighted by Crippen LogP contribution is -2.30. The molecule has 2 aromatic rings. The van der Waals surface area contributed by atoms with Crippen molar-refractivity contribution in [1.82, 2.24) is 15.3 Å². The topological polar surface area (TPSA) is 67.0 Å². The highest BCUT2D eigenvalue weighted by atomic mass is 35.5. The minimum atomic E-state index is -0.452. The van der Waals surface area contributed by atoms with E-state index in [0.717, 1.165) is 11.8 Å². The first-order chi connectivity index (χ1) is 9.65. The van der Waals surface area contributed by atoms with Gasteiger partial charge in [-0.1, -0.05) is 11.6 Å². The molecule has 1 amide bonds. The van der Waals surface area contributed by atoms with E-state index in [0.29, 0.717) is 13.0 Å². The van der Waals surface area contributed by atoms with Gasteiger partial charge in [0.05, 0.1) is 11.3 Å². The smallest absolute Gasteiger partial charge is 0.257 e. The molecule has 0 saturated carbocycles. The van der Waals surface area contributed by atoms with E-state index >= 15 is 0 Å². The molecular formula is C13H13ClFN3O2. The number of carbonyl (C=O) groups is 1. The monoisotopic (exact) mass is 297 g/mol. The van der Waals surface area contributed by atoms with E-state index in [1.54, 1.807) is 12.5 Å². The lowest BCUT2D eigenvalue weighted by molar-refractivity contribution is -0.123. The molecule has 0 aliphatic carbocycles. The number of amides is 1. The van der Waals surface area contributed by atoms with Crippen LogP contribution in [0.5, 0.6) is 5.75 Å². The molecule has 1 heterocycles. The van der Waals surface area contributed by atoms with E-state index < -0.39 is 5.82 Å². The van der Waals surface area contributed by atoms with Crippen LogP contribution in [-0.4, -0.2) is 29.0 Å². The molecular weight excluding hydrogens is 285 g/mol. The maximum absolute atomic E-state index is 12.8. The highest BCUT2D eigenvalue weighted by molar-refractivity contribution is 6.32. The summed E-state index contributed by atoms with van der Waals surface area (Å²) >= 11 is 5.78. The van der Waals surface area contributed by atoms with Gasteiger partial charge in [-0.15, -0.1) is 0 Å². The van der Waals surface area contributed by atoms with E-state index in [1.807, 2.05) is 0 Å². The van der Waals surface area contributed by atoms with Crippen LogP contribution in [0.4, 0.5) is 4.39 Å². The summed E-state index contributed by atoms with van der Waals surface area (Å²) in [6.07, 6.45) is 3.93. The van der Waals surface area contributed by atoms with E-state index in [-0.39, 0.29) is 23.3 Å². The van der Waals surface area contributed by atoms with Crippen LogP contribution < -0.4 is 10.1 Å². The van der Waals surface area contributed by atoms with Crippen LogP contribution in [0.25, 0.3) is 0 Å². The quantitative estimate of drug-likeness (QED) is 0.856. The number of H-pyrrole nitrogens is 1. The van der Waals surface area contributed by atoms with Crippen molar-refractivity contribution in [2.75, 3.05) is 13.2 Å². The van der Waals surface area contributed by atoms with Crippen molar-refractivity contribution in [2.45, 2.75) is 6.42 Å². The van der Waals surface area contributed by atoms with Crippen molar-refractivity contribution < 1.29 is 13.9 Å². The van der Waals surface area contributed by atoms with Gasteiger partial charge in [0.2, 0.25) is 0 Å². The Morgan fingerprint density at radius 3 is 3.05 bits per heavy atom. The van der Waals surface area contributed by atoms with Gasteiger partial charge in [0.1, 0.15) is 11.6 Å². The maximum Gasteiger partial charge on any atom is 0.257 e. The van der Waals surface area contributed by atoms with Gasteiger partial charge in [-0.3, -0.25) is 4.79 Å². The van der Waals surface area contributed by atoms with E-state index in [9.17, 15) is 9.18 Å². The molecule has 2 rings (SSSR count). The zero-order valence-corrected chi connectivity index (χ0v) is 11.3. The number of imidazole rings is 1. The number of benzene rings is 1. The number of halogens is 2. The third kappa shape index (κ3) is 4.24. The summed E-state index contributed by atoms with van der Waals surface area (Å²) < 4.78 is 18.0. The molecule has 0 aliphatic rings. The zero-order chi connectivity index (χ0) is 14.4. The van der Waals surface area contributed by atoms with Gasteiger partial charge < -0.3 is 15.0 Å². The lowest BCUT2D eigenvalue weighted by atomic mass is 10.3. The maximum atomic E-state index is 12.8. The second kappa shape index (κ2) is 6.91. The predicted octanol–water partition coefficient (Wildman–Crippen LogP) is 1.94. The van der Waals surface area contributed by atoms with Crippen LogP contribution in [-0.2, 0) is 11.2 Å². The molecule has 0 fully saturated rings. The molecule has 0 unspecified atom stereocenters. The highest BCUT2D eigenvalue weighted by Crippen LogP contribution is 2.24. The zero-order valence-electron chi connectivity index (χ0n) is 10.5. The van der Waals surface area contributed by atoms with Crippen molar-refractivity contribution in [1.29, 1.82) is 0 Å². The van der Waals surface area contributed by atoms with Gasteiger partial charge in [-0.05, 0) is 18.2 Å². The predicted molar refractivity (Wildman–Crippen MR) is 72.2 cm³/mol. The summed E-state index contributed by atoms with van der Waals surface area (Å²) in [4.78, 5) is 18.4. The fourth-order valence-electron chi connectivity index (χ4n) is 1.54. The van der Waals surface area contributed by atoms with Crippen LogP contribution in [0.3, 0.4) is 0 Å². The van der Waals surface area contributed by atoms with Gasteiger partial charge in [0, 0.05) is 24.9 Å². The number of ether oxygens (including phenoxy) is 1. The first-order valence-electron chi connectivity index (χ1n) is 5.97. The van der Waals surface area contributed by atoms with Gasteiger partial charge in [0.15, 0.2) is 6.61 Å². The number of nitrogens with one attached hydrogen (secondary N) is 2. The summed E-state index contributed by atoms with van der Waals surface area (Å²) in [7, 11) is 0. The minimum Gasteiger partial charge on any atom is -0.482 e. The molecule has 106 valence electrons. The summed E-state index contributed by atoms with van der Waals surface area (Å²) in [5.41, 5.74) is 0.938. The molecule has 1 aromatic heterocycles. The fraction of sp³-hybridized carbons (Fsp3) is 0.231. The average molecular weight is 298 g/mol. The molecule has 0 aliphatic heterocycles. The van der Waals surface area contributed by atoms with Crippen molar-refractivity contribution in [3.05, 3.63) is 47.3 Å². The minimum absolute atomic E-state index is 0.134. The number of hydrogen-bond donors (Lipinski definition) is 2. The van der Waals surface area contributed by atoms with E-state index in [1.165, 1.54) is 12.1 Å². The Kier molecular flexibility index (Phi) is 4.95. The second-order valence-corrected chi connectivity index (χ2v) is 4.45. The molecule has 7 heteroatoms. The molecule has 0 saturated heterocycles. The molecule has 0 bridgehead atoms. The third-order valence-electron chi connectivity index (χ3n) is 2.52. The Labute approximate surface area is 120 Å². The number of aromatic nitrogens is 2. The normalized spacial score (nSPS) is 10.3. The van der Waals surface area contributed by atoms with Crippen LogP contribution in [0.1, 0.15) is 5.69 Å². The molecule has 0 spiro atoms. The largest absolute Gasteiger partial charge is 0.482 e. The Balaban J connectivity index is 1.72. The van der Waals surface area contributed by atoms with Crippen molar-refractivity contribution in [3.8, 4) is 5.75 Å². The summed E-state index contributed by atoms with van der Waals surface area (Å²) in [6, 6.07) is 3.74. The standard InChI is InChI=1S/C13H13ClFN3O2/c14-11-5-9(15)1-2-12(11)20-7-13(19)17-4-3-10-6-16-8-18-10/h1-2,5-6,8H,3-4,7H2,(H,16,18)(H,17,19). The van der Waals surface area contributed by atoms with Crippen molar-refractivity contribution in [3.63, 3.8) is 0 Å². The molecule has 20 heavy (non-hydrogen) atoms. The van der Waals surface area contributed by atoms with Crippen molar-refractivity contribution in [2.24, 2.45) is 0 Å². The number of hydrogen-bond acceptors (Lipinski definition) is 3. The highest BCUT2D eigenvalue weighted by Gasteiger charge is 2.06. The second-order valence-electron chi connectivity index (χ2n) is 4.04. The Morgan fingerprint density at radius 2 is 2.35 bits per heavy atom. The molecule has 2 N–H and O–H groups in total. The molecule has 0 radical (unpaired) electrons. The number of rotatable bonds is 6. The lowest BCUT2D eigenvalue weighted by Gasteiger charge is -2.08. The summed E-state index contributed by atoms with van der Waals surface area (Å²) in [5.74, 6) is -0.451. The Hall–Kier alpha value is -2.08. The number of aromatic amines is 1. The SMILES string of the molecule is O=C(COc1ccc(F)cc1Cl)NCCc1cnc[nH]1. The van der Waals surface area contributed by atoms with Gasteiger partial charge in [-0.25, -0.2) is 9.37 Å². The van der Waals surface area contributed by atoms with Crippen LogP contribution in [0.15, 0.2) is 30.7 Å². The number of nitrogens with zero attached hydrogens (tertiary/aromatic N) is 1. The van der Waals surface area contributed by atoms with Crippen LogP contribution >= 0.6 is 11.6 Å². The first kappa shape index (κ1) is 14.3. The van der Waals surface area contributed by atoms with E-state index in [2.05, 4.69) is 15.3 Å². The fourth-order valence-corrected chi connectivity index (χ4v) is 1.77. The Morgan fingerprint density at radius 1 is 1.50 bits per heavy atom. The van der Waals surface area contributed by atoms with E-state index in [4.69, 9.17) is 16.3 Å². The summed E-state index contributed by atoms with van der Waals surface area (Å²) in [5, 5.41) is 2.83.